The molecule has 23 heavy (non-hydrogen) atoms. The molecule has 0 saturated heterocycles. The van der Waals surface area contributed by atoms with E-state index in [0.29, 0.717) is 13.0 Å². The van der Waals surface area contributed by atoms with Gasteiger partial charge in [0.25, 0.3) is 0 Å². The van der Waals surface area contributed by atoms with Crippen molar-refractivity contribution < 1.29 is 14.9 Å². The molecule has 1 aromatic heterocycles. The lowest BCUT2D eigenvalue weighted by Gasteiger charge is -2.16. The Labute approximate surface area is 137 Å². The summed E-state index contributed by atoms with van der Waals surface area (Å²) in [6.45, 7) is 4.13. The van der Waals surface area contributed by atoms with Gasteiger partial charge in [-0.2, -0.15) is 5.10 Å². The normalized spacial score (nSPS) is 12.9. The van der Waals surface area contributed by atoms with Gasteiger partial charge >= 0.3 is 0 Å². The van der Waals surface area contributed by atoms with Gasteiger partial charge in [-0.25, -0.2) is 0 Å². The minimum Gasteiger partial charge on any atom is -0.493 e. The molecule has 2 rings (SSSR count). The Bertz CT molecular complexity index is 600. The molecule has 1 atom stereocenters. The van der Waals surface area contributed by atoms with Gasteiger partial charge in [0.05, 0.1) is 35.9 Å². The van der Waals surface area contributed by atoms with Crippen molar-refractivity contribution in [2.45, 2.75) is 38.8 Å². The Morgan fingerprint density at radius 1 is 1.39 bits per heavy atom. The van der Waals surface area contributed by atoms with E-state index in [1.165, 1.54) is 12.8 Å². The topological polar surface area (TPSA) is 81.6 Å². The molecule has 0 fully saturated rings. The van der Waals surface area contributed by atoms with Crippen LogP contribution in [0, 0.1) is 0 Å². The van der Waals surface area contributed by atoms with Gasteiger partial charge in [-0.05, 0) is 32.1 Å². The Morgan fingerprint density at radius 2 is 2.22 bits per heavy atom. The molecule has 0 aliphatic heterocycles. The quantitative estimate of drug-likeness (QED) is 0.623. The highest BCUT2D eigenvalue weighted by atomic mass is 16.5. The number of aliphatic hydroxyl groups is 2. The number of hydrogen-bond donors (Lipinski definition) is 3. The number of fused-ring (bicyclic) bond motifs is 1. The SMILES string of the molecule is CCCCN(C)Cc1[nH]nc2cccc(OCCC(O)CO)c12. The number of nitrogens with one attached hydrogen (secondary N) is 1. The maximum atomic E-state index is 9.41. The number of aliphatic hydroxyl groups excluding tert-OH is 2. The fraction of sp³-hybridized carbons (Fsp3) is 0.588. The first kappa shape index (κ1) is 17.7. The Balaban J connectivity index is 2.09. The number of aromatic amines is 1. The molecule has 0 bridgehead atoms. The maximum Gasteiger partial charge on any atom is 0.130 e. The zero-order valence-corrected chi connectivity index (χ0v) is 14.0. The Morgan fingerprint density at radius 3 is 2.96 bits per heavy atom. The second-order valence-electron chi connectivity index (χ2n) is 5.92. The zero-order chi connectivity index (χ0) is 16.7. The first-order valence-electron chi connectivity index (χ1n) is 8.22. The predicted octanol–water partition coefficient (Wildman–Crippen LogP) is 1.92. The number of benzene rings is 1. The van der Waals surface area contributed by atoms with Crippen molar-refractivity contribution in [3.05, 3.63) is 23.9 Å². The van der Waals surface area contributed by atoms with Crippen LogP contribution in [0.5, 0.6) is 5.75 Å². The lowest BCUT2D eigenvalue weighted by molar-refractivity contribution is 0.0756. The van der Waals surface area contributed by atoms with Crippen LogP contribution in [0.3, 0.4) is 0 Å². The summed E-state index contributed by atoms with van der Waals surface area (Å²) < 4.78 is 5.80. The van der Waals surface area contributed by atoms with Crippen LogP contribution in [0.4, 0.5) is 0 Å². The molecular formula is C17H27N3O3. The largest absolute Gasteiger partial charge is 0.493 e. The van der Waals surface area contributed by atoms with Gasteiger partial charge in [0.15, 0.2) is 0 Å². The summed E-state index contributed by atoms with van der Waals surface area (Å²) in [5, 5.41) is 26.7. The average Bonchev–Trinajstić information content (AvgIpc) is 2.96. The third-order valence-electron chi connectivity index (χ3n) is 3.86. The van der Waals surface area contributed by atoms with E-state index < -0.39 is 6.10 Å². The molecule has 6 nitrogen and oxygen atoms in total. The number of hydrogen-bond acceptors (Lipinski definition) is 5. The van der Waals surface area contributed by atoms with Crippen LogP contribution in [-0.4, -0.2) is 58.2 Å². The van der Waals surface area contributed by atoms with E-state index in [1.54, 1.807) is 0 Å². The fourth-order valence-corrected chi connectivity index (χ4v) is 2.51. The molecule has 0 saturated carbocycles. The first-order chi connectivity index (χ1) is 11.2. The standard InChI is InChI=1S/C17H27N3O3/c1-3-4-9-20(2)11-15-17-14(18-19-15)6-5-7-16(17)23-10-8-13(22)12-21/h5-7,13,21-22H,3-4,8-12H2,1-2H3,(H,18,19). The number of aromatic nitrogens is 2. The van der Waals surface area contributed by atoms with E-state index in [9.17, 15) is 5.11 Å². The summed E-state index contributed by atoms with van der Waals surface area (Å²) in [4.78, 5) is 2.27. The van der Waals surface area contributed by atoms with Gasteiger partial charge in [0, 0.05) is 13.0 Å². The summed E-state index contributed by atoms with van der Waals surface area (Å²) in [5.74, 6) is 0.764. The van der Waals surface area contributed by atoms with E-state index >= 15 is 0 Å². The summed E-state index contributed by atoms with van der Waals surface area (Å²) in [5.41, 5.74) is 1.92. The van der Waals surface area contributed by atoms with Crippen LogP contribution in [0.1, 0.15) is 31.9 Å². The number of H-pyrrole nitrogens is 1. The minimum absolute atomic E-state index is 0.243. The molecule has 1 unspecified atom stereocenters. The number of rotatable bonds is 10. The number of nitrogens with zero attached hydrogens (tertiary/aromatic N) is 2. The molecule has 1 aromatic carbocycles. The van der Waals surface area contributed by atoms with Gasteiger partial charge in [0.1, 0.15) is 5.75 Å². The van der Waals surface area contributed by atoms with Gasteiger partial charge in [-0.3, -0.25) is 5.10 Å². The Hall–Kier alpha value is -1.63. The van der Waals surface area contributed by atoms with E-state index in [-0.39, 0.29) is 6.61 Å². The molecule has 1 heterocycles. The van der Waals surface area contributed by atoms with Crippen LogP contribution < -0.4 is 4.74 Å². The van der Waals surface area contributed by atoms with Gasteiger partial charge in [0.2, 0.25) is 0 Å². The predicted molar refractivity (Wildman–Crippen MR) is 90.5 cm³/mol. The highest BCUT2D eigenvalue weighted by Gasteiger charge is 2.13. The second-order valence-corrected chi connectivity index (χ2v) is 5.92. The highest BCUT2D eigenvalue weighted by molar-refractivity contribution is 5.87. The van der Waals surface area contributed by atoms with Crippen LogP contribution in [-0.2, 0) is 6.54 Å². The number of ether oxygens (including phenoxy) is 1. The Kier molecular flexibility index (Phi) is 6.83. The minimum atomic E-state index is -0.738. The summed E-state index contributed by atoms with van der Waals surface area (Å²) in [6, 6.07) is 5.78. The molecule has 0 aliphatic carbocycles. The zero-order valence-electron chi connectivity index (χ0n) is 14.0. The van der Waals surface area contributed by atoms with Gasteiger partial charge < -0.3 is 19.8 Å². The summed E-state index contributed by atoms with van der Waals surface area (Å²) >= 11 is 0. The van der Waals surface area contributed by atoms with Gasteiger partial charge in [-0.1, -0.05) is 19.4 Å². The average molecular weight is 321 g/mol. The summed E-state index contributed by atoms with van der Waals surface area (Å²) in [7, 11) is 2.10. The van der Waals surface area contributed by atoms with Crippen molar-refractivity contribution in [2.75, 3.05) is 26.8 Å². The molecule has 128 valence electrons. The fourth-order valence-electron chi connectivity index (χ4n) is 2.51. The van der Waals surface area contributed by atoms with Crippen LogP contribution in [0.25, 0.3) is 10.9 Å². The van der Waals surface area contributed by atoms with E-state index in [1.807, 2.05) is 18.2 Å². The van der Waals surface area contributed by atoms with Crippen LogP contribution >= 0.6 is 0 Å². The monoisotopic (exact) mass is 321 g/mol. The molecule has 0 aliphatic rings. The maximum absolute atomic E-state index is 9.41. The second kappa shape index (κ2) is 8.86. The van der Waals surface area contributed by atoms with Crippen molar-refractivity contribution in [3.8, 4) is 5.75 Å². The number of unbranched alkanes of at least 4 members (excludes halogenated alkanes) is 1. The first-order valence-corrected chi connectivity index (χ1v) is 8.22. The van der Waals surface area contributed by atoms with Gasteiger partial charge in [-0.15, -0.1) is 0 Å². The van der Waals surface area contributed by atoms with E-state index in [2.05, 4.69) is 29.1 Å². The van der Waals surface area contributed by atoms with E-state index in [0.717, 1.165) is 35.4 Å². The van der Waals surface area contributed by atoms with Crippen LogP contribution in [0.15, 0.2) is 18.2 Å². The van der Waals surface area contributed by atoms with Crippen molar-refractivity contribution in [2.24, 2.45) is 0 Å². The summed E-state index contributed by atoms with van der Waals surface area (Å²) in [6.07, 6.45) is 2.01. The lowest BCUT2D eigenvalue weighted by atomic mass is 10.1. The van der Waals surface area contributed by atoms with Crippen molar-refractivity contribution in [1.82, 2.24) is 15.1 Å². The third-order valence-corrected chi connectivity index (χ3v) is 3.86. The van der Waals surface area contributed by atoms with Crippen LogP contribution in [0.2, 0.25) is 0 Å². The molecule has 2 aromatic rings. The molecule has 6 heteroatoms. The lowest BCUT2D eigenvalue weighted by Crippen LogP contribution is -2.19. The highest BCUT2D eigenvalue weighted by Crippen LogP contribution is 2.28. The molecule has 0 spiro atoms. The van der Waals surface area contributed by atoms with Crippen molar-refractivity contribution in [3.63, 3.8) is 0 Å². The molecular weight excluding hydrogens is 294 g/mol. The molecule has 3 N–H and O–H groups in total. The smallest absolute Gasteiger partial charge is 0.130 e. The van der Waals surface area contributed by atoms with E-state index in [4.69, 9.17) is 9.84 Å². The third kappa shape index (κ3) is 4.92. The van der Waals surface area contributed by atoms with Crippen molar-refractivity contribution >= 4 is 10.9 Å². The molecule has 0 amide bonds. The van der Waals surface area contributed by atoms with Crippen molar-refractivity contribution in [1.29, 1.82) is 0 Å². The molecule has 0 radical (unpaired) electrons.